The zero-order valence-corrected chi connectivity index (χ0v) is 22.9. The van der Waals surface area contributed by atoms with Crippen LogP contribution < -0.4 is 10.6 Å². The van der Waals surface area contributed by atoms with Crippen molar-refractivity contribution >= 4 is 23.3 Å². The number of benzene rings is 2. The van der Waals surface area contributed by atoms with E-state index in [0.29, 0.717) is 37.0 Å². The van der Waals surface area contributed by atoms with Crippen LogP contribution in [-0.4, -0.2) is 30.2 Å². The molecule has 2 aromatic carbocycles. The Balaban J connectivity index is 1.47. The van der Waals surface area contributed by atoms with Gasteiger partial charge in [-0.25, -0.2) is 13.2 Å². The van der Waals surface area contributed by atoms with Crippen molar-refractivity contribution in [3.05, 3.63) is 88.9 Å². The van der Waals surface area contributed by atoms with E-state index < -0.39 is 29.5 Å². The number of amides is 1. The largest absolute Gasteiger partial charge is 0.466 e. The fourth-order valence-electron chi connectivity index (χ4n) is 6.48. The van der Waals surface area contributed by atoms with Gasteiger partial charge in [0.2, 0.25) is 0 Å². The summed E-state index contributed by atoms with van der Waals surface area (Å²) in [5.41, 5.74) is 1.41. The first-order valence-corrected chi connectivity index (χ1v) is 14.2. The van der Waals surface area contributed by atoms with Crippen LogP contribution in [0.5, 0.6) is 0 Å². The molecule has 0 aromatic heterocycles. The molecule has 6 nitrogen and oxygen atoms in total. The number of fused-ring (bicyclic) bond motifs is 2. The molecular weight excluding hydrogens is 531 g/mol. The molecule has 0 aliphatic heterocycles. The number of rotatable bonds is 9. The van der Waals surface area contributed by atoms with Gasteiger partial charge in [-0.1, -0.05) is 30.7 Å². The van der Waals surface area contributed by atoms with Crippen LogP contribution in [0.15, 0.2) is 65.9 Å². The Kier molecular flexibility index (Phi) is 8.61. The van der Waals surface area contributed by atoms with E-state index in [9.17, 15) is 22.8 Å². The highest BCUT2D eigenvalue weighted by atomic mass is 19.1. The number of carbonyl (C=O) groups is 2. The third kappa shape index (κ3) is 6.24. The van der Waals surface area contributed by atoms with Gasteiger partial charge in [-0.2, -0.15) is 0 Å². The Hall–Kier alpha value is -3.88. The molecule has 2 bridgehead atoms. The van der Waals surface area contributed by atoms with E-state index in [0.717, 1.165) is 30.5 Å². The fourth-order valence-corrected chi connectivity index (χ4v) is 6.48. The van der Waals surface area contributed by atoms with Crippen LogP contribution in [0, 0.1) is 46.5 Å². The smallest absolute Gasteiger partial charge is 0.311 e. The molecular formula is C32H34F3N3O3. The molecule has 2 aromatic rings. The summed E-state index contributed by atoms with van der Waals surface area (Å²) in [4.78, 5) is 26.3. The number of anilines is 1. The molecule has 5 atom stereocenters. The maximum Gasteiger partial charge on any atom is 0.311 e. The summed E-state index contributed by atoms with van der Waals surface area (Å²) in [7, 11) is 0. The standard InChI is InChI=1S/C32H34F3N3O3/c1-2-41-32(40)27-19-10-11-21(16-19)30(27)38-31(39)28(36)24-9-4-3-7-20(14-18-6-5-8-22(33)15-18)29(24)37-26-13-12-23(34)17-25(26)35/h5-6,8,10-13,15,17,19-21,27,30,36-37H,2-4,7,9,14,16H2,1H3,(H,38,39)/t19?,20?,21?,27-,30+/m0/s1. The van der Waals surface area contributed by atoms with Crippen molar-refractivity contribution in [2.24, 2.45) is 23.7 Å². The van der Waals surface area contributed by atoms with Gasteiger partial charge in [0.15, 0.2) is 0 Å². The van der Waals surface area contributed by atoms with Gasteiger partial charge in [0.25, 0.3) is 5.91 Å². The van der Waals surface area contributed by atoms with Gasteiger partial charge in [0, 0.05) is 29.3 Å². The number of hydrogen-bond donors (Lipinski definition) is 3. The van der Waals surface area contributed by atoms with Crippen molar-refractivity contribution in [3.8, 4) is 0 Å². The minimum Gasteiger partial charge on any atom is -0.466 e. The first-order valence-electron chi connectivity index (χ1n) is 14.2. The molecule has 9 heteroatoms. The lowest BCUT2D eigenvalue weighted by molar-refractivity contribution is -0.149. The van der Waals surface area contributed by atoms with Crippen molar-refractivity contribution in [1.29, 1.82) is 5.41 Å². The Labute approximate surface area is 237 Å². The molecule has 41 heavy (non-hydrogen) atoms. The third-order valence-corrected chi connectivity index (χ3v) is 8.38. The second kappa shape index (κ2) is 12.3. The second-order valence-electron chi connectivity index (χ2n) is 11.0. The molecule has 3 unspecified atom stereocenters. The zero-order chi connectivity index (χ0) is 29.1. The summed E-state index contributed by atoms with van der Waals surface area (Å²) < 4.78 is 47.7. The van der Waals surface area contributed by atoms with Gasteiger partial charge in [-0.3, -0.25) is 15.0 Å². The molecule has 0 radical (unpaired) electrons. The molecule has 0 spiro atoms. The Morgan fingerprint density at radius 3 is 2.56 bits per heavy atom. The van der Waals surface area contributed by atoms with Gasteiger partial charge >= 0.3 is 5.97 Å². The third-order valence-electron chi connectivity index (χ3n) is 8.38. The van der Waals surface area contributed by atoms with Crippen LogP contribution in [-0.2, 0) is 20.7 Å². The van der Waals surface area contributed by atoms with Gasteiger partial charge in [0.05, 0.1) is 18.2 Å². The van der Waals surface area contributed by atoms with Gasteiger partial charge in [-0.05, 0) is 80.7 Å². The minimum atomic E-state index is -0.798. The van der Waals surface area contributed by atoms with Crippen molar-refractivity contribution in [1.82, 2.24) is 5.32 Å². The van der Waals surface area contributed by atoms with Crippen molar-refractivity contribution in [2.75, 3.05) is 11.9 Å². The number of esters is 1. The van der Waals surface area contributed by atoms with Crippen LogP contribution in [0.2, 0.25) is 0 Å². The molecule has 1 saturated carbocycles. The highest BCUT2D eigenvalue weighted by Crippen LogP contribution is 2.44. The Morgan fingerprint density at radius 2 is 1.80 bits per heavy atom. The molecule has 216 valence electrons. The summed E-state index contributed by atoms with van der Waals surface area (Å²) in [6, 6.07) is 8.94. The fraction of sp³-hybridized carbons (Fsp3) is 0.406. The van der Waals surface area contributed by atoms with Crippen LogP contribution in [0.25, 0.3) is 0 Å². The minimum absolute atomic E-state index is 0.0232. The first kappa shape index (κ1) is 28.6. The van der Waals surface area contributed by atoms with Gasteiger partial charge < -0.3 is 15.4 Å². The molecule has 3 aliphatic carbocycles. The normalized spacial score (nSPS) is 25.1. The van der Waals surface area contributed by atoms with Crippen molar-refractivity contribution in [3.63, 3.8) is 0 Å². The quantitative estimate of drug-likeness (QED) is 0.195. The zero-order valence-electron chi connectivity index (χ0n) is 22.9. The number of ether oxygens (including phenoxy) is 1. The number of carbonyl (C=O) groups excluding carboxylic acids is 2. The van der Waals surface area contributed by atoms with Gasteiger partial charge in [-0.15, -0.1) is 0 Å². The molecule has 1 fully saturated rings. The van der Waals surface area contributed by atoms with E-state index in [1.165, 1.54) is 18.2 Å². The topological polar surface area (TPSA) is 91.3 Å². The van der Waals surface area contributed by atoms with Gasteiger partial charge in [0.1, 0.15) is 23.2 Å². The SMILES string of the molecule is CCOC(=O)[C@H]1C2C=CC(C2)[C@H]1NC(=O)C(=N)C1=C(Nc2ccc(F)cc2F)C(Cc2cccc(F)c2)CCCC1. The summed E-state index contributed by atoms with van der Waals surface area (Å²) in [6.45, 7) is 1.98. The first-order chi connectivity index (χ1) is 19.7. The Morgan fingerprint density at radius 1 is 1.02 bits per heavy atom. The average Bonchev–Trinajstić information content (AvgIpc) is 3.49. The highest BCUT2D eigenvalue weighted by molar-refractivity contribution is 6.44. The summed E-state index contributed by atoms with van der Waals surface area (Å²) in [6.07, 6.45) is 7.68. The van der Waals surface area contributed by atoms with Crippen LogP contribution in [0.4, 0.5) is 18.9 Å². The second-order valence-corrected chi connectivity index (χ2v) is 11.0. The number of halogens is 3. The maximum absolute atomic E-state index is 14.8. The molecule has 3 aliphatic rings. The molecule has 0 heterocycles. The predicted molar refractivity (Wildman–Crippen MR) is 150 cm³/mol. The number of hydrogen-bond acceptors (Lipinski definition) is 5. The monoisotopic (exact) mass is 565 g/mol. The van der Waals surface area contributed by atoms with E-state index in [4.69, 9.17) is 10.1 Å². The van der Waals surface area contributed by atoms with Crippen molar-refractivity contribution < 1.29 is 27.5 Å². The average molecular weight is 566 g/mol. The summed E-state index contributed by atoms with van der Waals surface area (Å²) in [5.74, 6) is -3.71. The number of nitrogens with one attached hydrogen (secondary N) is 3. The highest BCUT2D eigenvalue weighted by Gasteiger charge is 2.50. The van der Waals surface area contributed by atoms with E-state index in [2.05, 4.69) is 10.6 Å². The Bertz CT molecular complexity index is 1410. The lowest BCUT2D eigenvalue weighted by Gasteiger charge is -2.28. The van der Waals surface area contributed by atoms with E-state index >= 15 is 0 Å². The van der Waals surface area contributed by atoms with E-state index in [1.54, 1.807) is 19.1 Å². The van der Waals surface area contributed by atoms with Crippen LogP contribution in [0.3, 0.4) is 0 Å². The maximum atomic E-state index is 14.8. The molecule has 0 saturated heterocycles. The van der Waals surface area contributed by atoms with E-state index in [-0.39, 0.29) is 47.5 Å². The predicted octanol–water partition coefficient (Wildman–Crippen LogP) is 6.09. The lowest BCUT2D eigenvalue weighted by Crippen LogP contribution is -2.48. The van der Waals surface area contributed by atoms with Crippen LogP contribution >= 0.6 is 0 Å². The summed E-state index contributed by atoms with van der Waals surface area (Å²) in [5, 5.41) is 15.0. The molecule has 3 N–H and O–H groups in total. The molecule has 1 amide bonds. The van der Waals surface area contributed by atoms with E-state index in [1.807, 2.05) is 12.2 Å². The van der Waals surface area contributed by atoms with Crippen molar-refractivity contribution in [2.45, 2.75) is 51.5 Å². The number of allylic oxidation sites excluding steroid dienone is 2. The lowest BCUT2D eigenvalue weighted by atomic mass is 9.88. The summed E-state index contributed by atoms with van der Waals surface area (Å²) >= 11 is 0. The molecule has 5 rings (SSSR count). The van der Waals surface area contributed by atoms with Crippen LogP contribution in [0.1, 0.15) is 44.6 Å².